The smallest absolute Gasteiger partial charge is 0.251 e. The maximum Gasteiger partial charge on any atom is 0.251 e. The largest absolute Gasteiger partial charge is 0.345 e. The van der Waals surface area contributed by atoms with Crippen LogP contribution in [0.4, 0.5) is 0 Å². The van der Waals surface area contributed by atoms with Gasteiger partial charge in [0, 0.05) is 10.6 Å². The van der Waals surface area contributed by atoms with Crippen molar-refractivity contribution in [3.8, 4) is 0 Å². The van der Waals surface area contributed by atoms with E-state index in [0.29, 0.717) is 10.6 Å². The standard InChI is InChI=1S/C20H25ClN2O/c1-14-11-15(2)13-17(12-14)20(24)22-19(9-10-23(3)4)16-5-7-18(21)8-6-16/h5-8,11-13,19H,9-10H2,1-4H3,(H,22,24). The lowest BCUT2D eigenvalue weighted by Crippen LogP contribution is -2.31. The average molecular weight is 345 g/mol. The van der Waals surface area contributed by atoms with E-state index < -0.39 is 0 Å². The topological polar surface area (TPSA) is 32.3 Å². The van der Waals surface area contributed by atoms with Gasteiger partial charge in [0.2, 0.25) is 0 Å². The Balaban J connectivity index is 2.20. The molecule has 128 valence electrons. The third kappa shape index (κ3) is 5.36. The second kappa shape index (κ2) is 8.32. The Kier molecular flexibility index (Phi) is 6.41. The maximum absolute atomic E-state index is 12.7. The van der Waals surface area contributed by atoms with Gasteiger partial charge < -0.3 is 10.2 Å². The van der Waals surface area contributed by atoms with E-state index in [-0.39, 0.29) is 11.9 Å². The second-order valence-electron chi connectivity index (χ2n) is 6.55. The molecule has 1 N–H and O–H groups in total. The minimum absolute atomic E-state index is 0.0412. The van der Waals surface area contributed by atoms with Crippen LogP contribution in [-0.4, -0.2) is 31.4 Å². The second-order valence-corrected chi connectivity index (χ2v) is 6.98. The van der Waals surface area contributed by atoms with Gasteiger partial charge in [0.1, 0.15) is 0 Å². The Bertz CT molecular complexity index is 675. The number of benzene rings is 2. The lowest BCUT2D eigenvalue weighted by Gasteiger charge is -2.21. The fourth-order valence-corrected chi connectivity index (χ4v) is 2.88. The Morgan fingerprint density at radius 1 is 1.08 bits per heavy atom. The van der Waals surface area contributed by atoms with Gasteiger partial charge in [-0.25, -0.2) is 0 Å². The highest BCUT2D eigenvalue weighted by molar-refractivity contribution is 6.30. The zero-order chi connectivity index (χ0) is 17.7. The number of carbonyl (C=O) groups is 1. The summed E-state index contributed by atoms with van der Waals surface area (Å²) in [6.07, 6.45) is 0.838. The molecule has 1 atom stereocenters. The molecular weight excluding hydrogens is 320 g/mol. The molecule has 3 nitrogen and oxygen atoms in total. The van der Waals surface area contributed by atoms with E-state index in [2.05, 4.69) is 16.3 Å². The summed E-state index contributed by atoms with van der Waals surface area (Å²) in [4.78, 5) is 14.8. The van der Waals surface area contributed by atoms with Crippen molar-refractivity contribution >= 4 is 17.5 Å². The first-order chi connectivity index (χ1) is 11.3. The van der Waals surface area contributed by atoms with E-state index in [1.807, 2.05) is 64.3 Å². The summed E-state index contributed by atoms with van der Waals surface area (Å²) >= 11 is 5.98. The number of nitrogens with one attached hydrogen (secondary N) is 1. The van der Waals surface area contributed by atoms with Crippen molar-refractivity contribution in [3.63, 3.8) is 0 Å². The predicted octanol–water partition coefficient (Wildman–Crippen LogP) is 4.38. The van der Waals surface area contributed by atoms with Gasteiger partial charge >= 0.3 is 0 Å². The molecule has 0 aromatic heterocycles. The number of halogens is 1. The molecule has 24 heavy (non-hydrogen) atoms. The Hall–Kier alpha value is -1.84. The number of hydrogen-bond acceptors (Lipinski definition) is 2. The number of nitrogens with zero attached hydrogens (tertiary/aromatic N) is 1. The van der Waals surface area contributed by atoms with Crippen LogP contribution >= 0.6 is 11.6 Å². The van der Waals surface area contributed by atoms with Gasteiger partial charge in [0.25, 0.3) is 5.91 Å². The summed E-state index contributed by atoms with van der Waals surface area (Å²) in [5, 5.41) is 3.87. The molecule has 0 saturated carbocycles. The van der Waals surface area contributed by atoms with Crippen LogP contribution < -0.4 is 5.32 Å². The van der Waals surface area contributed by atoms with Gasteiger partial charge in [-0.2, -0.15) is 0 Å². The summed E-state index contributed by atoms with van der Waals surface area (Å²) in [6.45, 7) is 4.90. The van der Waals surface area contributed by atoms with Crippen LogP contribution in [0.5, 0.6) is 0 Å². The summed E-state index contributed by atoms with van der Waals surface area (Å²) in [5.74, 6) is -0.0412. The minimum Gasteiger partial charge on any atom is -0.345 e. The molecule has 0 fully saturated rings. The number of carbonyl (C=O) groups excluding carboxylic acids is 1. The monoisotopic (exact) mass is 344 g/mol. The van der Waals surface area contributed by atoms with E-state index in [0.717, 1.165) is 29.7 Å². The summed E-state index contributed by atoms with van der Waals surface area (Å²) in [7, 11) is 4.06. The van der Waals surface area contributed by atoms with Crippen LogP contribution in [0, 0.1) is 13.8 Å². The van der Waals surface area contributed by atoms with Gasteiger partial charge in [0.05, 0.1) is 6.04 Å². The average Bonchev–Trinajstić information content (AvgIpc) is 2.51. The van der Waals surface area contributed by atoms with E-state index >= 15 is 0 Å². The van der Waals surface area contributed by atoms with E-state index in [9.17, 15) is 4.79 Å². The van der Waals surface area contributed by atoms with Crippen LogP contribution in [0.2, 0.25) is 5.02 Å². The molecule has 0 bridgehead atoms. The summed E-state index contributed by atoms with van der Waals surface area (Å²) < 4.78 is 0. The number of hydrogen-bond donors (Lipinski definition) is 1. The number of aryl methyl sites for hydroxylation is 2. The lowest BCUT2D eigenvalue weighted by atomic mass is 10.0. The normalized spacial score (nSPS) is 12.2. The molecular formula is C20H25ClN2O. The fraction of sp³-hybridized carbons (Fsp3) is 0.350. The first kappa shape index (κ1) is 18.5. The van der Waals surface area contributed by atoms with Crippen LogP contribution in [0.15, 0.2) is 42.5 Å². The molecule has 4 heteroatoms. The third-order valence-electron chi connectivity index (χ3n) is 3.93. The number of rotatable bonds is 6. The first-order valence-electron chi connectivity index (χ1n) is 8.14. The molecule has 0 aliphatic rings. The predicted molar refractivity (Wildman–Crippen MR) is 101 cm³/mol. The van der Waals surface area contributed by atoms with Crippen LogP contribution in [-0.2, 0) is 0 Å². The molecule has 2 aromatic rings. The lowest BCUT2D eigenvalue weighted by molar-refractivity contribution is 0.0932. The van der Waals surface area contributed by atoms with Crippen molar-refractivity contribution in [1.82, 2.24) is 10.2 Å². The SMILES string of the molecule is Cc1cc(C)cc(C(=O)NC(CCN(C)C)c2ccc(Cl)cc2)c1. The first-order valence-corrected chi connectivity index (χ1v) is 8.52. The Morgan fingerprint density at radius 2 is 1.67 bits per heavy atom. The van der Waals surface area contributed by atoms with Crippen LogP contribution in [0.3, 0.4) is 0 Å². The van der Waals surface area contributed by atoms with Crippen LogP contribution in [0.1, 0.15) is 39.5 Å². The summed E-state index contributed by atoms with van der Waals surface area (Å²) in [5.41, 5.74) is 3.96. The quantitative estimate of drug-likeness (QED) is 0.843. The van der Waals surface area contributed by atoms with Gasteiger partial charge in [-0.05, 0) is 70.7 Å². The van der Waals surface area contributed by atoms with Crippen LogP contribution in [0.25, 0.3) is 0 Å². The van der Waals surface area contributed by atoms with Crippen molar-refractivity contribution in [2.75, 3.05) is 20.6 Å². The molecule has 2 aromatic carbocycles. The Morgan fingerprint density at radius 3 is 2.21 bits per heavy atom. The van der Waals surface area contributed by atoms with E-state index in [1.54, 1.807) is 0 Å². The molecule has 1 unspecified atom stereocenters. The Labute approximate surface area is 149 Å². The highest BCUT2D eigenvalue weighted by atomic mass is 35.5. The zero-order valence-electron chi connectivity index (χ0n) is 14.8. The van der Waals surface area contributed by atoms with E-state index in [1.165, 1.54) is 0 Å². The zero-order valence-corrected chi connectivity index (χ0v) is 15.5. The van der Waals surface area contributed by atoms with Crippen molar-refractivity contribution in [3.05, 3.63) is 69.7 Å². The van der Waals surface area contributed by atoms with E-state index in [4.69, 9.17) is 11.6 Å². The molecule has 0 aliphatic heterocycles. The van der Waals surface area contributed by atoms with Crippen molar-refractivity contribution < 1.29 is 4.79 Å². The molecule has 0 radical (unpaired) electrons. The van der Waals surface area contributed by atoms with Gasteiger partial charge in [-0.15, -0.1) is 0 Å². The molecule has 2 rings (SSSR count). The maximum atomic E-state index is 12.7. The fourth-order valence-electron chi connectivity index (χ4n) is 2.75. The van der Waals surface area contributed by atoms with Gasteiger partial charge in [-0.1, -0.05) is 40.9 Å². The molecule has 0 aliphatic carbocycles. The number of amides is 1. The van der Waals surface area contributed by atoms with Crippen molar-refractivity contribution in [1.29, 1.82) is 0 Å². The highest BCUT2D eigenvalue weighted by Crippen LogP contribution is 2.21. The molecule has 0 heterocycles. The van der Waals surface area contributed by atoms with Crippen molar-refractivity contribution in [2.24, 2.45) is 0 Å². The minimum atomic E-state index is -0.0435. The molecule has 1 amide bonds. The van der Waals surface area contributed by atoms with Crippen molar-refractivity contribution in [2.45, 2.75) is 26.3 Å². The highest BCUT2D eigenvalue weighted by Gasteiger charge is 2.16. The molecule has 0 spiro atoms. The summed E-state index contributed by atoms with van der Waals surface area (Å²) in [6, 6.07) is 13.6. The van der Waals surface area contributed by atoms with Gasteiger partial charge in [-0.3, -0.25) is 4.79 Å². The van der Waals surface area contributed by atoms with Gasteiger partial charge in [0.15, 0.2) is 0 Å². The third-order valence-corrected chi connectivity index (χ3v) is 4.18. The molecule has 0 saturated heterocycles.